The van der Waals surface area contributed by atoms with E-state index >= 15 is 0 Å². The molecule has 0 saturated heterocycles. The van der Waals surface area contributed by atoms with E-state index in [9.17, 15) is 0 Å². The smallest absolute Gasteiger partial charge is 0.141 e. The normalized spacial score (nSPS) is 10.0. The molecule has 1 aromatic carbocycles. The third-order valence-electron chi connectivity index (χ3n) is 1.79. The van der Waals surface area contributed by atoms with Crippen LogP contribution in [0.3, 0.4) is 0 Å². The first-order chi connectivity index (χ1) is 5.81. The first kappa shape index (κ1) is 6.86. The summed E-state index contributed by atoms with van der Waals surface area (Å²) in [4.78, 5) is 0. The molecular weight excluding hydrogens is 152 g/mol. The minimum absolute atomic E-state index is 0.633. The van der Waals surface area contributed by atoms with Crippen LogP contribution in [0.25, 0.3) is 10.9 Å². The zero-order valence-electron chi connectivity index (χ0n) is 6.53. The Hall–Kier alpha value is -1.82. The highest BCUT2D eigenvalue weighted by atomic mass is 16.5. The Balaban J connectivity index is 2.82. The van der Waals surface area contributed by atoms with Crippen LogP contribution in [-0.2, 0) is 0 Å². The van der Waals surface area contributed by atoms with Crippen molar-refractivity contribution >= 4 is 10.9 Å². The third kappa shape index (κ3) is 0.857. The Morgan fingerprint density at radius 3 is 3.08 bits per heavy atom. The van der Waals surface area contributed by atoms with Crippen LogP contribution in [0.5, 0.6) is 0 Å². The summed E-state index contributed by atoms with van der Waals surface area (Å²) in [6.07, 6.45) is 0. The van der Waals surface area contributed by atoms with Gasteiger partial charge >= 0.3 is 0 Å². The van der Waals surface area contributed by atoms with Gasteiger partial charge in [0.2, 0.25) is 0 Å². The van der Waals surface area contributed by atoms with E-state index in [1.54, 1.807) is 18.2 Å². The van der Waals surface area contributed by atoms with Gasteiger partial charge in [-0.05, 0) is 25.1 Å². The molecule has 3 nitrogen and oxygen atoms in total. The first-order valence-electron chi connectivity index (χ1n) is 3.57. The Morgan fingerprint density at radius 2 is 2.33 bits per heavy atom. The molecule has 2 aromatic rings. The van der Waals surface area contributed by atoms with Crippen molar-refractivity contribution in [1.29, 1.82) is 5.26 Å². The highest BCUT2D eigenvalue weighted by Crippen LogP contribution is 2.18. The van der Waals surface area contributed by atoms with Crippen molar-refractivity contribution in [2.24, 2.45) is 0 Å². The summed E-state index contributed by atoms with van der Waals surface area (Å²) in [7, 11) is 0. The number of aromatic nitrogens is 1. The van der Waals surface area contributed by atoms with Crippen LogP contribution in [0, 0.1) is 18.3 Å². The molecule has 58 valence electrons. The molecule has 0 atom stereocenters. The van der Waals surface area contributed by atoms with Gasteiger partial charge in [-0.15, -0.1) is 0 Å². The quantitative estimate of drug-likeness (QED) is 0.589. The number of hydrogen-bond acceptors (Lipinski definition) is 3. The number of hydrogen-bond donors (Lipinski definition) is 0. The molecule has 0 saturated carbocycles. The van der Waals surface area contributed by atoms with Crippen molar-refractivity contribution in [1.82, 2.24) is 5.16 Å². The number of rotatable bonds is 0. The lowest BCUT2D eigenvalue weighted by Crippen LogP contribution is -1.73. The standard InChI is InChI=1S/C9H6N2O/c1-6-8-4-7(5-10)2-3-9(8)11-12-6/h2-4H,1H3. The molecule has 3 heteroatoms. The lowest BCUT2D eigenvalue weighted by molar-refractivity contribution is 0.405. The maximum atomic E-state index is 8.62. The summed E-state index contributed by atoms with van der Waals surface area (Å²) in [6.45, 7) is 1.83. The van der Waals surface area contributed by atoms with Crippen LogP contribution in [0.15, 0.2) is 22.7 Å². The van der Waals surface area contributed by atoms with Gasteiger partial charge in [0.1, 0.15) is 11.3 Å². The maximum Gasteiger partial charge on any atom is 0.141 e. The van der Waals surface area contributed by atoms with Crippen LogP contribution in [-0.4, -0.2) is 5.16 Å². The SMILES string of the molecule is Cc1onc2ccc(C#N)cc12. The molecule has 0 radical (unpaired) electrons. The fourth-order valence-corrected chi connectivity index (χ4v) is 1.13. The van der Waals surface area contributed by atoms with Crippen molar-refractivity contribution in [2.45, 2.75) is 6.92 Å². The van der Waals surface area contributed by atoms with Crippen LogP contribution in [0.2, 0.25) is 0 Å². The second kappa shape index (κ2) is 2.35. The fraction of sp³-hybridized carbons (Fsp3) is 0.111. The lowest BCUT2D eigenvalue weighted by atomic mass is 10.1. The number of nitriles is 1. The molecule has 0 unspecified atom stereocenters. The van der Waals surface area contributed by atoms with Crippen LogP contribution in [0.1, 0.15) is 11.3 Å². The van der Waals surface area contributed by atoms with Crippen LogP contribution in [0.4, 0.5) is 0 Å². The molecule has 12 heavy (non-hydrogen) atoms. The predicted molar refractivity (Wildman–Crippen MR) is 43.5 cm³/mol. The van der Waals surface area contributed by atoms with Gasteiger partial charge in [-0.3, -0.25) is 0 Å². The minimum atomic E-state index is 0.633. The molecule has 0 amide bonds. The molecule has 0 aliphatic rings. The molecule has 1 heterocycles. The Bertz CT molecular complexity index is 465. The molecule has 2 rings (SSSR count). The van der Waals surface area contributed by atoms with Crippen molar-refractivity contribution < 1.29 is 4.52 Å². The zero-order chi connectivity index (χ0) is 8.55. The zero-order valence-corrected chi connectivity index (χ0v) is 6.53. The van der Waals surface area contributed by atoms with Gasteiger partial charge in [-0.1, -0.05) is 5.16 Å². The van der Waals surface area contributed by atoms with Crippen molar-refractivity contribution in [3.63, 3.8) is 0 Å². The number of fused-ring (bicyclic) bond motifs is 1. The van der Waals surface area contributed by atoms with Crippen molar-refractivity contribution in [3.8, 4) is 6.07 Å². The summed E-state index contributed by atoms with van der Waals surface area (Å²) in [6, 6.07) is 7.35. The van der Waals surface area contributed by atoms with E-state index in [0.717, 1.165) is 16.7 Å². The Morgan fingerprint density at radius 1 is 1.50 bits per heavy atom. The van der Waals surface area contributed by atoms with Gasteiger partial charge in [0.25, 0.3) is 0 Å². The van der Waals surface area contributed by atoms with E-state index in [1.807, 2.05) is 6.92 Å². The molecule has 0 aliphatic heterocycles. The second-order valence-electron chi connectivity index (χ2n) is 2.58. The molecule has 0 spiro atoms. The van der Waals surface area contributed by atoms with E-state index in [-0.39, 0.29) is 0 Å². The Labute approximate surface area is 69.2 Å². The average molecular weight is 158 g/mol. The summed E-state index contributed by atoms with van der Waals surface area (Å²) in [5, 5.41) is 13.3. The maximum absolute atomic E-state index is 8.62. The molecular formula is C9H6N2O. The largest absolute Gasteiger partial charge is 0.360 e. The minimum Gasteiger partial charge on any atom is -0.360 e. The summed E-state index contributed by atoms with van der Waals surface area (Å²) in [5.41, 5.74) is 1.43. The van der Waals surface area contributed by atoms with E-state index in [1.165, 1.54) is 0 Å². The van der Waals surface area contributed by atoms with E-state index in [2.05, 4.69) is 11.2 Å². The molecule has 0 aliphatic carbocycles. The summed E-state index contributed by atoms with van der Waals surface area (Å²) >= 11 is 0. The van der Waals surface area contributed by atoms with Crippen molar-refractivity contribution in [2.75, 3.05) is 0 Å². The van der Waals surface area contributed by atoms with Crippen LogP contribution >= 0.6 is 0 Å². The van der Waals surface area contributed by atoms with Crippen LogP contribution < -0.4 is 0 Å². The monoisotopic (exact) mass is 158 g/mol. The summed E-state index contributed by atoms with van der Waals surface area (Å²) < 4.78 is 4.95. The molecule has 0 N–H and O–H groups in total. The summed E-state index contributed by atoms with van der Waals surface area (Å²) in [5.74, 6) is 0.752. The first-order valence-corrected chi connectivity index (χ1v) is 3.57. The van der Waals surface area contributed by atoms with Gasteiger partial charge < -0.3 is 4.52 Å². The van der Waals surface area contributed by atoms with E-state index < -0.39 is 0 Å². The highest BCUT2D eigenvalue weighted by Gasteiger charge is 2.03. The lowest BCUT2D eigenvalue weighted by Gasteiger charge is -1.87. The van der Waals surface area contributed by atoms with E-state index in [4.69, 9.17) is 9.78 Å². The van der Waals surface area contributed by atoms with Crippen molar-refractivity contribution in [3.05, 3.63) is 29.5 Å². The van der Waals surface area contributed by atoms with Gasteiger partial charge in [0.05, 0.1) is 11.6 Å². The molecule has 0 fully saturated rings. The van der Waals surface area contributed by atoms with E-state index in [0.29, 0.717) is 5.56 Å². The highest BCUT2D eigenvalue weighted by molar-refractivity contribution is 5.81. The molecule has 1 aromatic heterocycles. The number of benzene rings is 1. The second-order valence-corrected chi connectivity index (χ2v) is 2.58. The topological polar surface area (TPSA) is 49.8 Å². The number of aryl methyl sites for hydroxylation is 1. The van der Waals surface area contributed by atoms with Gasteiger partial charge in [-0.25, -0.2) is 0 Å². The van der Waals surface area contributed by atoms with Gasteiger partial charge in [0, 0.05) is 5.39 Å². The number of nitrogens with zero attached hydrogens (tertiary/aromatic N) is 2. The fourth-order valence-electron chi connectivity index (χ4n) is 1.13. The third-order valence-corrected chi connectivity index (χ3v) is 1.79. The Kier molecular flexibility index (Phi) is 1.34. The van der Waals surface area contributed by atoms with Gasteiger partial charge in [0.15, 0.2) is 0 Å². The van der Waals surface area contributed by atoms with Gasteiger partial charge in [-0.2, -0.15) is 5.26 Å². The predicted octanol–water partition coefficient (Wildman–Crippen LogP) is 2.01. The molecule has 0 bridgehead atoms. The average Bonchev–Trinajstić information content (AvgIpc) is 2.47.